The second-order valence-corrected chi connectivity index (χ2v) is 3.89. The number of esters is 1. The van der Waals surface area contributed by atoms with Gasteiger partial charge in [0, 0.05) is 0 Å². The quantitative estimate of drug-likeness (QED) is 0.841. The predicted molar refractivity (Wildman–Crippen MR) is 69.1 cm³/mol. The highest BCUT2D eigenvalue weighted by Crippen LogP contribution is 2.25. The molecule has 3 heteroatoms. The summed E-state index contributed by atoms with van der Waals surface area (Å²) in [7, 11) is 1.34. The Labute approximate surface area is 106 Å². The Hall–Kier alpha value is -2.13. The number of carbonyl (C=O) groups excluding carboxylic acids is 1. The predicted octanol–water partition coefficient (Wildman–Crippen LogP) is 2.63. The van der Waals surface area contributed by atoms with Crippen LogP contribution in [0.3, 0.4) is 0 Å². The van der Waals surface area contributed by atoms with E-state index in [0.717, 1.165) is 11.1 Å². The van der Waals surface area contributed by atoms with E-state index in [1.165, 1.54) is 7.11 Å². The SMILES string of the molecule is COC(=O)c1ccc(-c2ccccc2)c(CO)c1. The van der Waals surface area contributed by atoms with Crippen molar-refractivity contribution >= 4 is 5.97 Å². The zero-order chi connectivity index (χ0) is 13.0. The summed E-state index contributed by atoms with van der Waals surface area (Å²) < 4.78 is 4.66. The molecule has 0 aliphatic rings. The molecule has 0 heterocycles. The average molecular weight is 242 g/mol. The Morgan fingerprint density at radius 1 is 1.17 bits per heavy atom. The summed E-state index contributed by atoms with van der Waals surface area (Å²) in [4.78, 5) is 11.4. The van der Waals surface area contributed by atoms with Gasteiger partial charge < -0.3 is 9.84 Å². The van der Waals surface area contributed by atoms with Gasteiger partial charge in [-0.25, -0.2) is 4.79 Å². The number of methoxy groups -OCH3 is 1. The zero-order valence-electron chi connectivity index (χ0n) is 10.1. The van der Waals surface area contributed by atoms with Gasteiger partial charge in [0.15, 0.2) is 0 Å². The van der Waals surface area contributed by atoms with Gasteiger partial charge in [-0.1, -0.05) is 36.4 Å². The van der Waals surface area contributed by atoms with Crippen LogP contribution in [-0.2, 0) is 11.3 Å². The monoisotopic (exact) mass is 242 g/mol. The van der Waals surface area contributed by atoms with E-state index in [0.29, 0.717) is 11.1 Å². The molecule has 2 rings (SSSR count). The Morgan fingerprint density at radius 3 is 2.50 bits per heavy atom. The maximum absolute atomic E-state index is 11.4. The average Bonchev–Trinajstić information content (AvgIpc) is 2.46. The Balaban J connectivity index is 2.47. The minimum atomic E-state index is -0.399. The van der Waals surface area contributed by atoms with Gasteiger partial charge in [-0.2, -0.15) is 0 Å². The molecule has 2 aromatic rings. The lowest BCUT2D eigenvalue weighted by atomic mass is 9.98. The number of rotatable bonds is 3. The third-order valence-electron chi connectivity index (χ3n) is 2.78. The molecule has 3 nitrogen and oxygen atoms in total. The van der Waals surface area contributed by atoms with E-state index in [9.17, 15) is 9.90 Å². The molecule has 2 aromatic carbocycles. The highest BCUT2D eigenvalue weighted by atomic mass is 16.5. The summed E-state index contributed by atoms with van der Waals surface area (Å²) in [6.07, 6.45) is 0. The first-order chi connectivity index (χ1) is 8.76. The smallest absolute Gasteiger partial charge is 0.337 e. The van der Waals surface area contributed by atoms with Crippen LogP contribution in [0.2, 0.25) is 0 Å². The lowest BCUT2D eigenvalue weighted by molar-refractivity contribution is 0.0600. The van der Waals surface area contributed by atoms with Gasteiger partial charge in [-0.15, -0.1) is 0 Å². The van der Waals surface area contributed by atoms with E-state index in [-0.39, 0.29) is 6.61 Å². The van der Waals surface area contributed by atoms with Gasteiger partial charge in [0.05, 0.1) is 19.3 Å². The van der Waals surface area contributed by atoms with Crippen molar-refractivity contribution in [2.75, 3.05) is 7.11 Å². The van der Waals surface area contributed by atoms with E-state index >= 15 is 0 Å². The third-order valence-corrected chi connectivity index (χ3v) is 2.78. The molecule has 0 spiro atoms. The normalized spacial score (nSPS) is 10.1. The van der Waals surface area contributed by atoms with Crippen LogP contribution in [0.15, 0.2) is 48.5 Å². The second-order valence-electron chi connectivity index (χ2n) is 3.89. The van der Waals surface area contributed by atoms with Crippen LogP contribution in [0.4, 0.5) is 0 Å². The molecule has 0 fully saturated rings. The first kappa shape index (κ1) is 12.3. The molecule has 0 aromatic heterocycles. The summed E-state index contributed by atoms with van der Waals surface area (Å²) in [5.41, 5.74) is 3.09. The van der Waals surface area contributed by atoms with Gasteiger partial charge in [0.25, 0.3) is 0 Å². The molecule has 1 N–H and O–H groups in total. The molecule has 0 saturated heterocycles. The van der Waals surface area contributed by atoms with Crippen molar-refractivity contribution in [3.05, 3.63) is 59.7 Å². The molecular formula is C15H14O3. The van der Waals surface area contributed by atoms with E-state index in [1.807, 2.05) is 36.4 Å². The van der Waals surface area contributed by atoms with Crippen molar-refractivity contribution in [1.29, 1.82) is 0 Å². The minimum Gasteiger partial charge on any atom is -0.465 e. The standard InChI is InChI=1S/C15H14O3/c1-18-15(17)12-7-8-14(13(9-12)10-16)11-5-3-2-4-6-11/h2-9,16H,10H2,1H3. The van der Waals surface area contributed by atoms with Crippen molar-refractivity contribution in [2.45, 2.75) is 6.61 Å². The van der Waals surface area contributed by atoms with Crippen LogP contribution in [0.5, 0.6) is 0 Å². The summed E-state index contributed by atoms with van der Waals surface area (Å²) in [5, 5.41) is 9.41. The van der Waals surface area contributed by atoms with E-state index in [4.69, 9.17) is 0 Å². The summed E-state index contributed by atoms with van der Waals surface area (Å²) in [5.74, 6) is -0.399. The fraction of sp³-hybridized carbons (Fsp3) is 0.133. The third kappa shape index (κ3) is 2.41. The van der Waals surface area contributed by atoms with E-state index < -0.39 is 5.97 Å². The number of aliphatic hydroxyl groups excluding tert-OH is 1. The van der Waals surface area contributed by atoms with Gasteiger partial charge in [-0.05, 0) is 28.8 Å². The molecule has 92 valence electrons. The van der Waals surface area contributed by atoms with Crippen LogP contribution in [0.1, 0.15) is 15.9 Å². The number of benzene rings is 2. The number of carbonyl (C=O) groups is 1. The van der Waals surface area contributed by atoms with Gasteiger partial charge in [0.2, 0.25) is 0 Å². The topological polar surface area (TPSA) is 46.5 Å². The van der Waals surface area contributed by atoms with Crippen molar-refractivity contribution in [1.82, 2.24) is 0 Å². The van der Waals surface area contributed by atoms with Gasteiger partial charge in [0.1, 0.15) is 0 Å². The Kier molecular flexibility index (Phi) is 3.75. The number of hydrogen-bond acceptors (Lipinski definition) is 3. The molecule has 0 radical (unpaired) electrons. The molecular weight excluding hydrogens is 228 g/mol. The number of ether oxygens (including phenoxy) is 1. The van der Waals surface area contributed by atoms with Gasteiger partial charge in [-0.3, -0.25) is 0 Å². The van der Waals surface area contributed by atoms with Crippen molar-refractivity contribution in [3.8, 4) is 11.1 Å². The first-order valence-electron chi connectivity index (χ1n) is 5.63. The van der Waals surface area contributed by atoms with Crippen molar-refractivity contribution in [2.24, 2.45) is 0 Å². The van der Waals surface area contributed by atoms with Crippen LogP contribution < -0.4 is 0 Å². The molecule has 0 atom stereocenters. The van der Waals surface area contributed by atoms with Crippen LogP contribution in [-0.4, -0.2) is 18.2 Å². The number of aliphatic hydroxyl groups is 1. The highest BCUT2D eigenvalue weighted by Gasteiger charge is 2.10. The van der Waals surface area contributed by atoms with Crippen LogP contribution in [0.25, 0.3) is 11.1 Å². The Bertz CT molecular complexity index is 547. The molecule has 0 unspecified atom stereocenters. The van der Waals surface area contributed by atoms with Gasteiger partial charge >= 0.3 is 5.97 Å². The van der Waals surface area contributed by atoms with E-state index in [2.05, 4.69) is 4.74 Å². The maximum Gasteiger partial charge on any atom is 0.337 e. The maximum atomic E-state index is 11.4. The Morgan fingerprint density at radius 2 is 1.89 bits per heavy atom. The lowest BCUT2D eigenvalue weighted by Crippen LogP contribution is -2.02. The number of hydrogen-bond donors (Lipinski definition) is 1. The molecule has 0 aliphatic carbocycles. The second kappa shape index (κ2) is 5.47. The summed E-state index contributed by atoms with van der Waals surface area (Å²) in [6, 6.07) is 14.9. The zero-order valence-corrected chi connectivity index (χ0v) is 10.1. The molecule has 0 saturated carbocycles. The molecule has 0 bridgehead atoms. The largest absolute Gasteiger partial charge is 0.465 e. The fourth-order valence-corrected chi connectivity index (χ4v) is 1.87. The van der Waals surface area contributed by atoms with Crippen LogP contribution >= 0.6 is 0 Å². The van der Waals surface area contributed by atoms with Crippen molar-refractivity contribution in [3.63, 3.8) is 0 Å². The first-order valence-corrected chi connectivity index (χ1v) is 5.63. The fourth-order valence-electron chi connectivity index (χ4n) is 1.87. The lowest BCUT2D eigenvalue weighted by Gasteiger charge is -2.09. The van der Waals surface area contributed by atoms with Crippen LogP contribution in [0, 0.1) is 0 Å². The highest BCUT2D eigenvalue weighted by molar-refractivity contribution is 5.90. The summed E-state index contributed by atoms with van der Waals surface area (Å²) >= 11 is 0. The van der Waals surface area contributed by atoms with Crippen molar-refractivity contribution < 1.29 is 14.6 Å². The molecule has 18 heavy (non-hydrogen) atoms. The van der Waals surface area contributed by atoms with E-state index in [1.54, 1.807) is 12.1 Å². The minimum absolute atomic E-state index is 0.116. The molecule has 0 aliphatic heterocycles. The summed E-state index contributed by atoms with van der Waals surface area (Å²) in [6.45, 7) is -0.116. The molecule has 0 amide bonds.